The maximum Gasteiger partial charge on any atom is 0.312 e. The standard InChI is InChI=1S/C4H4F2O2.BrH/c5-4(6)1-2(4)3(7)8;/h2H,1H2,(H,7,8);1H. The van der Waals surface area contributed by atoms with E-state index in [2.05, 4.69) is 0 Å². The molecule has 0 saturated heterocycles. The van der Waals surface area contributed by atoms with E-state index in [1.54, 1.807) is 0 Å². The minimum Gasteiger partial charge on any atom is -0.481 e. The molecule has 1 rings (SSSR count). The van der Waals surface area contributed by atoms with Crippen molar-refractivity contribution in [2.45, 2.75) is 12.3 Å². The normalized spacial score (nSPS) is 28.4. The number of alkyl halides is 2. The van der Waals surface area contributed by atoms with Gasteiger partial charge in [0, 0.05) is 6.42 Å². The monoisotopic (exact) mass is 202 g/mol. The molecule has 9 heavy (non-hydrogen) atoms. The maximum absolute atomic E-state index is 11.7. The van der Waals surface area contributed by atoms with Crippen LogP contribution in [0.25, 0.3) is 0 Å². The van der Waals surface area contributed by atoms with Crippen LogP contribution >= 0.6 is 17.0 Å². The molecule has 2 nitrogen and oxygen atoms in total. The van der Waals surface area contributed by atoms with Gasteiger partial charge in [-0.15, -0.1) is 17.0 Å². The SMILES string of the molecule is Br.O=C(O)C1CC1(F)F. The van der Waals surface area contributed by atoms with E-state index in [1.165, 1.54) is 0 Å². The topological polar surface area (TPSA) is 37.3 Å². The fourth-order valence-electron chi connectivity index (χ4n) is 0.481. The molecule has 0 aromatic heterocycles. The molecule has 5 heteroatoms. The van der Waals surface area contributed by atoms with Gasteiger partial charge < -0.3 is 5.11 Å². The largest absolute Gasteiger partial charge is 0.481 e. The van der Waals surface area contributed by atoms with Crippen LogP contribution in [0.3, 0.4) is 0 Å². The lowest BCUT2D eigenvalue weighted by Gasteiger charge is -1.86. The first-order valence-corrected chi connectivity index (χ1v) is 2.14. The Morgan fingerprint density at radius 2 is 2.00 bits per heavy atom. The minimum absolute atomic E-state index is 0. The van der Waals surface area contributed by atoms with Gasteiger partial charge in [-0.05, 0) is 0 Å². The van der Waals surface area contributed by atoms with Crippen molar-refractivity contribution in [3.8, 4) is 0 Å². The van der Waals surface area contributed by atoms with E-state index >= 15 is 0 Å². The van der Waals surface area contributed by atoms with Crippen molar-refractivity contribution in [2.75, 3.05) is 0 Å². The molecule has 1 saturated carbocycles. The van der Waals surface area contributed by atoms with Gasteiger partial charge in [0.05, 0.1) is 0 Å². The maximum atomic E-state index is 11.7. The van der Waals surface area contributed by atoms with Crippen LogP contribution in [0.15, 0.2) is 0 Å². The minimum atomic E-state index is -2.91. The second-order valence-corrected chi connectivity index (χ2v) is 1.86. The van der Waals surface area contributed by atoms with Crippen molar-refractivity contribution >= 4 is 23.0 Å². The highest BCUT2D eigenvalue weighted by Crippen LogP contribution is 2.48. The summed E-state index contributed by atoms with van der Waals surface area (Å²) >= 11 is 0. The van der Waals surface area contributed by atoms with Gasteiger partial charge in [0.1, 0.15) is 5.92 Å². The second-order valence-electron chi connectivity index (χ2n) is 1.86. The molecule has 0 amide bonds. The summed E-state index contributed by atoms with van der Waals surface area (Å²) in [5.74, 6) is -5.70. The zero-order valence-corrected chi connectivity index (χ0v) is 6.02. The van der Waals surface area contributed by atoms with Gasteiger partial charge in [-0.3, -0.25) is 4.79 Å². The summed E-state index contributed by atoms with van der Waals surface area (Å²) in [5.41, 5.74) is 0. The fraction of sp³-hybridized carbons (Fsp3) is 0.750. The average Bonchev–Trinajstić information content (AvgIpc) is 2.13. The Hall–Kier alpha value is -0.190. The summed E-state index contributed by atoms with van der Waals surface area (Å²) in [5, 5.41) is 7.91. The highest BCUT2D eigenvalue weighted by molar-refractivity contribution is 8.93. The number of hydrogen-bond donors (Lipinski definition) is 1. The summed E-state index contributed by atoms with van der Waals surface area (Å²) in [7, 11) is 0. The molecule has 1 unspecified atom stereocenters. The van der Waals surface area contributed by atoms with Crippen LogP contribution < -0.4 is 0 Å². The number of halogens is 3. The summed E-state index contributed by atoms with van der Waals surface area (Å²) in [6, 6.07) is 0. The molecular formula is C4H5BrF2O2. The van der Waals surface area contributed by atoms with Gasteiger partial charge in [0.25, 0.3) is 5.92 Å². The van der Waals surface area contributed by atoms with E-state index < -0.39 is 24.2 Å². The lowest BCUT2D eigenvalue weighted by Crippen LogP contribution is -2.04. The number of carbonyl (C=O) groups is 1. The van der Waals surface area contributed by atoms with Gasteiger partial charge in [-0.1, -0.05) is 0 Å². The van der Waals surface area contributed by atoms with Crippen LogP contribution in [0.5, 0.6) is 0 Å². The predicted molar refractivity (Wildman–Crippen MR) is 31.0 cm³/mol. The second kappa shape index (κ2) is 2.21. The Bertz CT molecular complexity index is 137. The van der Waals surface area contributed by atoms with Crippen LogP contribution in [0.2, 0.25) is 0 Å². The smallest absolute Gasteiger partial charge is 0.312 e. The van der Waals surface area contributed by atoms with Gasteiger partial charge >= 0.3 is 5.97 Å². The van der Waals surface area contributed by atoms with E-state index in [4.69, 9.17) is 5.11 Å². The molecule has 0 radical (unpaired) electrons. The van der Waals surface area contributed by atoms with Gasteiger partial charge in [-0.2, -0.15) is 0 Å². The molecule has 54 valence electrons. The first kappa shape index (κ1) is 8.81. The van der Waals surface area contributed by atoms with Crippen LogP contribution in [-0.2, 0) is 4.79 Å². The van der Waals surface area contributed by atoms with Crippen molar-refractivity contribution < 1.29 is 18.7 Å². The van der Waals surface area contributed by atoms with Crippen LogP contribution in [-0.4, -0.2) is 17.0 Å². The van der Waals surface area contributed by atoms with Gasteiger partial charge in [0.2, 0.25) is 0 Å². The number of hydrogen-bond acceptors (Lipinski definition) is 1. The molecule has 0 bridgehead atoms. The molecule has 1 aliphatic carbocycles. The highest BCUT2D eigenvalue weighted by Gasteiger charge is 2.61. The molecule has 0 aromatic rings. The van der Waals surface area contributed by atoms with Gasteiger partial charge in [-0.25, -0.2) is 8.78 Å². The molecule has 1 aliphatic rings. The zero-order chi connectivity index (χ0) is 6.36. The van der Waals surface area contributed by atoms with E-state index in [0.29, 0.717) is 0 Å². The lowest BCUT2D eigenvalue weighted by atomic mass is 10.4. The lowest BCUT2D eigenvalue weighted by molar-refractivity contribution is -0.140. The molecule has 1 N–H and O–H groups in total. The van der Waals surface area contributed by atoms with Crippen molar-refractivity contribution in [1.29, 1.82) is 0 Å². The van der Waals surface area contributed by atoms with Crippen LogP contribution in [0.4, 0.5) is 8.78 Å². The Morgan fingerprint density at radius 1 is 1.67 bits per heavy atom. The zero-order valence-electron chi connectivity index (χ0n) is 4.30. The fourth-order valence-corrected chi connectivity index (χ4v) is 0.481. The molecule has 1 fully saturated rings. The van der Waals surface area contributed by atoms with Crippen molar-refractivity contribution in [1.82, 2.24) is 0 Å². The van der Waals surface area contributed by atoms with Crippen LogP contribution in [0, 0.1) is 5.92 Å². The van der Waals surface area contributed by atoms with Crippen LogP contribution in [0.1, 0.15) is 6.42 Å². The third-order valence-electron chi connectivity index (χ3n) is 1.12. The molecule has 0 spiro atoms. The van der Waals surface area contributed by atoms with Crippen molar-refractivity contribution in [3.05, 3.63) is 0 Å². The summed E-state index contributed by atoms with van der Waals surface area (Å²) < 4.78 is 23.3. The predicted octanol–water partition coefficient (Wildman–Crippen LogP) is 1.30. The van der Waals surface area contributed by atoms with E-state index in [-0.39, 0.29) is 17.0 Å². The quantitative estimate of drug-likeness (QED) is 0.697. The van der Waals surface area contributed by atoms with Crippen molar-refractivity contribution in [2.24, 2.45) is 5.92 Å². The Labute approximate surface area is 60.6 Å². The molecule has 0 aliphatic heterocycles. The summed E-state index contributed by atoms with van der Waals surface area (Å²) in [6.45, 7) is 0. The summed E-state index contributed by atoms with van der Waals surface area (Å²) in [6.07, 6.45) is -0.484. The number of carboxylic acids is 1. The molecule has 1 atom stereocenters. The third-order valence-corrected chi connectivity index (χ3v) is 1.12. The Kier molecular flexibility index (Phi) is 2.16. The molecule has 0 aromatic carbocycles. The first-order valence-electron chi connectivity index (χ1n) is 2.14. The number of aliphatic carboxylic acids is 1. The molecule has 0 heterocycles. The van der Waals surface area contributed by atoms with Crippen molar-refractivity contribution in [3.63, 3.8) is 0 Å². The van der Waals surface area contributed by atoms with E-state index in [1.807, 2.05) is 0 Å². The number of rotatable bonds is 1. The number of carboxylic acid groups (broad SMARTS) is 1. The van der Waals surface area contributed by atoms with Gasteiger partial charge in [0.15, 0.2) is 0 Å². The van der Waals surface area contributed by atoms with E-state index in [9.17, 15) is 13.6 Å². The summed E-state index contributed by atoms with van der Waals surface area (Å²) in [4.78, 5) is 9.70. The van der Waals surface area contributed by atoms with E-state index in [0.717, 1.165) is 0 Å². The third kappa shape index (κ3) is 1.61. The molecular weight excluding hydrogens is 198 g/mol. The first-order chi connectivity index (χ1) is 3.54. The Morgan fingerprint density at radius 3 is 2.00 bits per heavy atom. The Balaban J connectivity index is 0.000000640. The average molecular weight is 203 g/mol. The highest BCUT2D eigenvalue weighted by atomic mass is 79.9.